The van der Waals surface area contributed by atoms with E-state index in [0.717, 1.165) is 32.5 Å². The predicted octanol–water partition coefficient (Wildman–Crippen LogP) is 0.198. The van der Waals surface area contributed by atoms with E-state index in [2.05, 4.69) is 24.2 Å². The highest BCUT2D eigenvalue weighted by atomic mass is 16.5. The van der Waals surface area contributed by atoms with Crippen LogP contribution in [-0.2, 0) is 9.53 Å². The smallest absolute Gasteiger partial charge is 0.229 e. The number of hydrogen-bond donors (Lipinski definition) is 2. The molecule has 110 valence electrons. The highest BCUT2D eigenvalue weighted by Gasteiger charge is 2.44. The summed E-state index contributed by atoms with van der Waals surface area (Å²) in [4.78, 5) is 14.7. The SMILES string of the molecule is CN1CCC(C)(CNC(=O)C2(C)COCC2N)CC1. The van der Waals surface area contributed by atoms with Crippen LogP contribution in [0.1, 0.15) is 26.7 Å². The Morgan fingerprint density at radius 1 is 1.42 bits per heavy atom. The number of nitrogens with zero attached hydrogens (tertiary/aromatic N) is 1. The number of nitrogens with one attached hydrogen (secondary N) is 1. The number of hydrogen-bond acceptors (Lipinski definition) is 4. The summed E-state index contributed by atoms with van der Waals surface area (Å²) >= 11 is 0. The molecule has 19 heavy (non-hydrogen) atoms. The van der Waals surface area contributed by atoms with Gasteiger partial charge in [-0.3, -0.25) is 4.79 Å². The van der Waals surface area contributed by atoms with Gasteiger partial charge in [0.2, 0.25) is 5.91 Å². The first kappa shape index (κ1) is 14.8. The summed E-state index contributed by atoms with van der Waals surface area (Å²) in [5.74, 6) is 0.0395. The Hall–Kier alpha value is -0.650. The van der Waals surface area contributed by atoms with Gasteiger partial charge in [-0.1, -0.05) is 6.92 Å². The third-order valence-electron chi connectivity index (χ3n) is 4.91. The molecule has 0 aromatic rings. The van der Waals surface area contributed by atoms with Gasteiger partial charge in [0, 0.05) is 12.6 Å². The van der Waals surface area contributed by atoms with Gasteiger partial charge in [-0.05, 0) is 45.3 Å². The molecule has 2 aliphatic rings. The second kappa shape index (κ2) is 5.38. The van der Waals surface area contributed by atoms with Crippen LogP contribution in [0.25, 0.3) is 0 Å². The van der Waals surface area contributed by atoms with Gasteiger partial charge < -0.3 is 20.7 Å². The predicted molar refractivity (Wildman–Crippen MR) is 74.7 cm³/mol. The molecule has 0 radical (unpaired) electrons. The van der Waals surface area contributed by atoms with Gasteiger partial charge >= 0.3 is 0 Å². The molecule has 2 unspecified atom stereocenters. The fourth-order valence-electron chi connectivity index (χ4n) is 2.75. The summed E-state index contributed by atoms with van der Waals surface area (Å²) in [6.45, 7) is 8.01. The fraction of sp³-hybridized carbons (Fsp3) is 0.929. The number of likely N-dealkylation sites (tertiary alicyclic amines) is 1. The molecule has 5 nitrogen and oxygen atoms in total. The third kappa shape index (κ3) is 3.09. The Labute approximate surface area is 115 Å². The molecule has 0 aliphatic carbocycles. The molecule has 5 heteroatoms. The van der Waals surface area contributed by atoms with Gasteiger partial charge in [-0.25, -0.2) is 0 Å². The van der Waals surface area contributed by atoms with Crippen molar-refractivity contribution in [3.63, 3.8) is 0 Å². The molecule has 2 aliphatic heterocycles. The van der Waals surface area contributed by atoms with Gasteiger partial charge in [-0.2, -0.15) is 0 Å². The monoisotopic (exact) mass is 269 g/mol. The van der Waals surface area contributed by atoms with Crippen molar-refractivity contribution in [3.05, 3.63) is 0 Å². The number of ether oxygens (including phenoxy) is 1. The van der Waals surface area contributed by atoms with Crippen molar-refractivity contribution in [1.82, 2.24) is 10.2 Å². The maximum Gasteiger partial charge on any atom is 0.229 e. The maximum atomic E-state index is 12.3. The van der Waals surface area contributed by atoms with E-state index < -0.39 is 5.41 Å². The van der Waals surface area contributed by atoms with Gasteiger partial charge in [0.15, 0.2) is 0 Å². The molecule has 0 bridgehead atoms. The summed E-state index contributed by atoms with van der Waals surface area (Å²) in [7, 11) is 2.15. The molecule has 0 aromatic heterocycles. The lowest BCUT2D eigenvalue weighted by atomic mass is 9.79. The van der Waals surface area contributed by atoms with E-state index in [-0.39, 0.29) is 17.4 Å². The molecule has 0 spiro atoms. The van der Waals surface area contributed by atoms with Gasteiger partial charge in [-0.15, -0.1) is 0 Å². The van der Waals surface area contributed by atoms with Crippen LogP contribution in [-0.4, -0.2) is 56.7 Å². The van der Waals surface area contributed by atoms with Crippen LogP contribution < -0.4 is 11.1 Å². The maximum absolute atomic E-state index is 12.3. The van der Waals surface area contributed by atoms with E-state index in [9.17, 15) is 4.79 Å². The quantitative estimate of drug-likeness (QED) is 0.768. The Kier molecular flexibility index (Phi) is 4.18. The minimum absolute atomic E-state index is 0.0395. The minimum atomic E-state index is -0.568. The number of rotatable bonds is 3. The molecular formula is C14H27N3O2. The van der Waals surface area contributed by atoms with Gasteiger partial charge in [0.1, 0.15) is 0 Å². The standard InChI is InChI=1S/C14H27N3O2/c1-13(4-6-17(3)7-5-13)9-16-12(18)14(2)10-19-8-11(14)15/h11H,4-10,15H2,1-3H3,(H,16,18). The van der Waals surface area contributed by atoms with Crippen LogP contribution in [0.3, 0.4) is 0 Å². The van der Waals surface area contributed by atoms with Crippen molar-refractivity contribution >= 4 is 5.91 Å². The van der Waals surface area contributed by atoms with Crippen molar-refractivity contribution in [1.29, 1.82) is 0 Å². The van der Waals surface area contributed by atoms with Crippen molar-refractivity contribution < 1.29 is 9.53 Å². The second-order valence-corrected chi connectivity index (χ2v) is 6.84. The number of nitrogens with two attached hydrogens (primary N) is 1. The highest BCUT2D eigenvalue weighted by Crippen LogP contribution is 2.31. The van der Waals surface area contributed by atoms with E-state index in [1.807, 2.05) is 6.92 Å². The Bertz CT molecular complexity index is 340. The molecule has 0 saturated carbocycles. The number of carbonyl (C=O) groups excluding carboxylic acids is 1. The molecule has 2 atom stereocenters. The summed E-state index contributed by atoms with van der Waals surface area (Å²) in [5.41, 5.74) is 5.62. The molecule has 2 heterocycles. The van der Waals surface area contributed by atoms with Crippen molar-refractivity contribution in [2.24, 2.45) is 16.6 Å². The first-order valence-corrected chi connectivity index (χ1v) is 7.16. The Morgan fingerprint density at radius 3 is 2.58 bits per heavy atom. The number of piperidine rings is 1. The largest absolute Gasteiger partial charge is 0.379 e. The molecule has 2 rings (SSSR count). The second-order valence-electron chi connectivity index (χ2n) is 6.84. The topological polar surface area (TPSA) is 67.6 Å². The van der Waals surface area contributed by atoms with E-state index in [4.69, 9.17) is 10.5 Å². The highest BCUT2D eigenvalue weighted by molar-refractivity contribution is 5.83. The van der Waals surface area contributed by atoms with E-state index in [1.54, 1.807) is 0 Å². The number of amides is 1. The summed E-state index contributed by atoms with van der Waals surface area (Å²) in [6.07, 6.45) is 2.26. The first-order chi connectivity index (χ1) is 8.86. The third-order valence-corrected chi connectivity index (χ3v) is 4.91. The first-order valence-electron chi connectivity index (χ1n) is 7.16. The van der Waals surface area contributed by atoms with Crippen LogP contribution in [0, 0.1) is 10.8 Å². The molecular weight excluding hydrogens is 242 g/mol. The van der Waals surface area contributed by atoms with Crippen LogP contribution in [0.2, 0.25) is 0 Å². The minimum Gasteiger partial charge on any atom is -0.379 e. The Balaban J connectivity index is 1.86. The van der Waals surface area contributed by atoms with Crippen LogP contribution in [0.4, 0.5) is 0 Å². The average Bonchev–Trinajstić information content (AvgIpc) is 2.72. The zero-order valence-corrected chi connectivity index (χ0v) is 12.4. The molecule has 1 amide bonds. The summed E-state index contributed by atoms with van der Waals surface area (Å²) in [6, 6.07) is -0.196. The zero-order valence-electron chi connectivity index (χ0n) is 12.4. The molecule has 2 fully saturated rings. The van der Waals surface area contributed by atoms with Crippen LogP contribution in [0.15, 0.2) is 0 Å². The van der Waals surface area contributed by atoms with E-state index in [0.29, 0.717) is 13.2 Å². The summed E-state index contributed by atoms with van der Waals surface area (Å²) in [5, 5.41) is 3.10. The van der Waals surface area contributed by atoms with E-state index >= 15 is 0 Å². The van der Waals surface area contributed by atoms with Crippen LogP contribution in [0.5, 0.6) is 0 Å². The number of carbonyl (C=O) groups is 1. The molecule has 3 N–H and O–H groups in total. The summed E-state index contributed by atoms with van der Waals surface area (Å²) < 4.78 is 5.33. The fourth-order valence-corrected chi connectivity index (χ4v) is 2.75. The van der Waals surface area contributed by atoms with E-state index in [1.165, 1.54) is 0 Å². The van der Waals surface area contributed by atoms with Crippen LogP contribution >= 0.6 is 0 Å². The van der Waals surface area contributed by atoms with Gasteiger partial charge in [0.05, 0.1) is 18.6 Å². The molecule has 2 saturated heterocycles. The lowest BCUT2D eigenvalue weighted by Gasteiger charge is -2.38. The van der Waals surface area contributed by atoms with Crippen molar-refractivity contribution in [2.45, 2.75) is 32.7 Å². The normalized spacial score (nSPS) is 35.3. The van der Waals surface area contributed by atoms with Crippen molar-refractivity contribution in [3.8, 4) is 0 Å². The lowest BCUT2D eigenvalue weighted by Crippen LogP contribution is -2.52. The Morgan fingerprint density at radius 2 is 2.05 bits per heavy atom. The van der Waals surface area contributed by atoms with Gasteiger partial charge in [0.25, 0.3) is 0 Å². The lowest BCUT2D eigenvalue weighted by molar-refractivity contribution is -0.131. The average molecular weight is 269 g/mol. The zero-order chi connectivity index (χ0) is 14.1. The van der Waals surface area contributed by atoms with Crippen molar-refractivity contribution in [2.75, 3.05) is 39.9 Å². The molecule has 0 aromatic carbocycles.